The molecule has 0 radical (unpaired) electrons. The second-order valence-electron chi connectivity index (χ2n) is 4.81. The zero-order valence-corrected chi connectivity index (χ0v) is 10.0. The van der Waals surface area contributed by atoms with Crippen LogP contribution in [0.3, 0.4) is 0 Å². The normalized spacial score (nSPS) is 24.6. The average molecular weight is 224 g/mol. The predicted molar refractivity (Wildman–Crippen MR) is 60.8 cm³/mol. The van der Waals surface area contributed by atoms with Gasteiger partial charge in [-0.1, -0.05) is 5.16 Å². The van der Waals surface area contributed by atoms with E-state index in [0.29, 0.717) is 11.8 Å². The predicted octanol–water partition coefficient (Wildman–Crippen LogP) is 0.974. The number of likely N-dealkylation sites (tertiary alicyclic amines) is 1. The molecule has 0 aliphatic carbocycles. The van der Waals surface area contributed by atoms with Crippen LogP contribution in [0.15, 0.2) is 4.52 Å². The first-order chi connectivity index (χ1) is 7.65. The first-order valence-corrected chi connectivity index (χ1v) is 5.91. The van der Waals surface area contributed by atoms with Gasteiger partial charge in [0.15, 0.2) is 5.82 Å². The van der Waals surface area contributed by atoms with E-state index in [1.165, 1.54) is 19.4 Å². The van der Waals surface area contributed by atoms with Gasteiger partial charge in [-0.05, 0) is 39.3 Å². The number of nitrogens with zero attached hydrogens (tertiary/aromatic N) is 3. The Morgan fingerprint density at radius 3 is 3.06 bits per heavy atom. The molecule has 1 aliphatic rings. The third-order valence-corrected chi connectivity index (χ3v) is 3.07. The SMILES string of the molecule is CC(N)c1nc(CC2CCCN(C)C2)no1. The molecule has 2 unspecified atom stereocenters. The lowest BCUT2D eigenvalue weighted by atomic mass is 9.95. The number of piperidine rings is 1. The zero-order valence-electron chi connectivity index (χ0n) is 10.0. The summed E-state index contributed by atoms with van der Waals surface area (Å²) in [7, 11) is 2.16. The maximum Gasteiger partial charge on any atom is 0.243 e. The monoisotopic (exact) mass is 224 g/mol. The van der Waals surface area contributed by atoms with Crippen molar-refractivity contribution in [1.82, 2.24) is 15.0 Å². The van der Waals surface area contributed by atoms with Crippen molar-refractivity contribution in [2.24, 2.45) is 11.7 Å². The van der Waals surface area contributed by atoms with Gasteiger partial charge in [-0.2, -0.15) is 4.98 Å². The summed E-state index contributed by atoms with van der Waals surface area (Å²) >= 11 is 0. The fraction of sp³-hybridized carbons (Fsp3) is 0.818. The van der Waals surface area contributed by atoms with Crippen molar-refractivity contribution >= 4 is 0 Å². The Bertz CT molecular complexity index is 336. The van der Waals surface area contributed by atoms with Gasteiger partial charge >= 0.3 is 0 Å². The quantitative estimate of drug-likeness (QED) is 0.828. The first-order valence-electron chi connectivity index (χ1n) is 5.91. The molecule has 0 bridgehead atoms. The van der Waals surface area contributed by atoms with Crippen LogP contribution in [-0.4, -0.2) is 35.2 Å². The molecule has 5 heteroatoms. The van der Waals surface area contributed by atoms with Gasteiger partial charge in [-0.3, -0.25) is 0 Å². The van der Waals surface area contributed by atoms with Crippen molar-refractivity contribution in [3.05, 3.63) is 11.7 Å². The van der Waals surface area contributed by atoms with Crippen molar-refractivity contribution in [3.63, 3.8) is 0 Å². The van der Waals surface area contributed by atoms with Crippen molar-refractivity contribution in [3.8, 4) is 0 Å². The van der Waals surface area contributed by atoms with Crippen LogP contribution in [0.2, 0.25) is 0 Å². The topological polar surface area (TPSA) is 68.2 Å². The van der Waals surface area contributed by atoms with Crippen LogP contribution < -0.4 is 5.73 Å². The minimum atomic E-state index is -0.171. The van der Waals surface area contributed by atoms with Crippen LogP contribution in [0.4, 0.5) is 0 Å². The first kappa shape index (κ1) is 11.5. The highest BCUT2D eigenvalue weighted by Gasteiger charge is 2.20. The van der Waals surface area contributed by atoms with Gasteiger partial charge in [-0.25, -0.2) is 0 Å². The summed E-state index contributed by atoms with van der Waals surface area (Å²) < 4.78 is 5.09. The van der Waals surface area contributed by atoms with Crippen molar-refractivity contribution in [2.45, 2.75) is 32.2 Å². The van der Waals surface area contributed by atoms with E-state index in [0.717, 1.165) is 18.8 Å². The Balaban J connectivity index is 1.92. The molecule has 2 atom stereocenters. The average Bonchev–Trinajstić information content (AvgIpc) is 2.66. The van der Waals surface area contributed by atoms with E-state index in [4.69, 9.17) is 10.3 Å². The summed E-state index contributed by atoms with van der Waals surface area (Å²) in [6.45, 7) is 4.18. The van der Waals surface area contributed by atoms with Gasteiger partial charge in [0.2, 0.25) is 5.89 Å². The van der Waals surface area contributed by atoms with E-state index in [1.807, 2.05) is 6.92 Å². The molecule has 0 aromatic carbocycles. The summed E-state index contributed by atoms with van der Waals surface area (Å²) in [5, 5.41) is 3.97. The number of hydrogen-bond donors (Lipinski definition) is 1. The summed E-state index contributed by atoms with van der Waals surface area (Å²) in [5.74, 6) is 1.99. The van der Waals surface area contributed by atoms with Gasteiger partial charge in [0, 0.05) is 13.0 Å². The largest absolute Gasteiger partial charge is 0.338 e. The number of aromatic nitrogens is 2. The molecule has 2 heterocycles. The lowest BCUT2D eigenvalue weighted by Gasteiger charge is -2.28. The van der Waals surface area contributed by atoms with Crippen molar-refractivity contribution in [1.29, 1.82) is 0 Å². The Labute approximate surface area is 96.0 Å². The van der Waals surface area contributed by atoms with Gasteiger partial charge in [0.25, 0.3) is 0 Å². The molecule has 16 heavy (non-hydrogen) atoms. The third-order valence-electron chi connectivity index (χ3n) is 3.07. The molecular weight excluding hydrogens is 204 g/mol. The molecule has 2 rings (SSSR count). The van der Waals surface area contributed by atoms with Crippen molar-refractivity contribution in [2.75, 3.05) is 20.1 Å². The summed E-state index contributed by atoms with van der Waals surface area (Å²) in [4.78, 5) is 6.67. The molecule has 1 aliphatic heterocycles. The standard InChI is InChI=1S/C11H20N4O/c1-8(12)11-13-10(14-16-11)6-9-4-3-5-15(2)7-9/h8-9H,3-7,12H2,1-2H3. The molecule has 1 aromatic heterocycles. The number of nitrogens with two attached hydrogens (primary N) is 1. The highest BCUT2D eigenvalue weighted by Crippen LogP contribution is 2.19. The molecule has 0 spiro atoms. The van der Waals surface area contributed by atoms with E-state index < -0.39 is 0 Å². The fourth-order valence-electron chi connectivity index (χ4n) is 2.23. The highest BCUT2D eigenvalue weighted by atomic mass is 16.5. The van der Waals surface area contributed by atoms with Crippen LogP contribution in [0.5, 0.6) is 0 Å². The van der Waals surface area contributed by atoms with Crippen LogP contribution >= 0.6 is 0 Å². The summed E-state index contributed by atoms with van der Waals surface area (Å²) in [6, 6.07) is -0.171. The molecule has 5 nitrogen and oxygen atoms in total. The molecule has 1 fully saturated rings. The van der Waals surface area contributed by atoms with E-state index in [1.54, 1.807) is 0 Å². The Hall–Kier alpha value is -0.940. The van der Waals surface area contributed by atoms with Crippen LogP contribution in [-0.2, 0) is 6.42 Å². The fourth-order valence-corrected chi connectivity index (χ4v) is 2.23. The van der Waals surface area contributed by atoms with Gasteiger partial charge in [0.05, 0.1) is 6.04 Å². The minimum Gasteiger partial charge on any atom is -0.338 e. The minimum absolute atomic E-state index is 0.171. The number of rotatable bonds is 3. The Morgan fingerprint density at radius 2 is 2.44 bits per heavy atom. The second-order valence-corrected chi connectivity index (χ2v) is 4.81. The second kappa shape index (κ2) is 4.93. The summed E-state index contributed by atoms with van der Waals surface area (Å²) in [6.07, 6.45) is 3.42. The van der Waals surface area contributed by atoms with Gasteiger partial charge in [0.1, 0.15) is 0 Å². The van der Waals surface area contributed by atoms with Crippen LogP contribution in [0.25, 0.3) is 0 Å². The van der Waals surface area contributed by atoms with Crippen molar-refractivity contribution < 1.29 is 4.52 Å². The highest BCUT2D eigenvalue weighted by molar-refractivity contribution is 4.92. The molecule has 0 saturated carbocycles. The third kappa shape index (κ3) is 2.80. The van der Waals surface area contributed by atoms with E-state index in [-0.39, 0.29) is 6.04 Å². The maximum absolute atomic E-state index is 5.68. The summed E-state index contributed by atoms with van der Waals surface area (Å²) in [5.41, 5.74) is 5.68. The molecular formula is C11H20N4O. The molecule has 0 amide bonds. The lowest BCUT2D eigenvalue weighted by Crippen LogP contribution is -2.33. The van der Waals surface area contributed by atoms with Crippen LogP contribution in [0, 0.1) is 5.92 Å². The Morgan fingerprint density at radius 1 is 1.62 bits per heavy atom. The van der Waals surface area contributed by atoms with E-state index in [2.05, 4.69) is 22.1 Å². The smallest absolute Gasteiger partial charge is 0.243 e. The lowest BCUT2D eigenvalue weighted by molar-refractivity contribution is 0.206. The molecule has 1 saturated heterocycles. The molecule has 2 N–H and O–H groups in total. The molecule has 1 aromatic rings. The van der Waals surface area contributed by atoms with Gasteiger partial charge in [-0.15, -0.1) is 0 Å². The number of hydrogen-bond acceptors (Lipinski definition) is 5. The maximum atomic E-state index is 5.68. The van der Waals surface area contributed by atoms with Crippen LogP contribution in [0.1, 0.15) is 37.5 Å². The molecule has 90 valence electrons. The van der Waals surface area contributed by atoms with E-state index in [9.17, 15) is 0 Å². The zero-order chi connectivity index (χ0) is 11.5. The van der Waals surface area contributed by atoms with E-state index >= 15 is 0 Å². The Kier molecular flexibility index (Phi) is 3.56. The van der Waals surface area contributed by atoms with Gasteiger partial charge < -0.3 is 15.2 Å².